The largest absolute Gasteiger partial charge is 0.454 e. The lowest BCUT2D eigenvalue weighted by atomic mass is 9.94. The van der Waals surface area contributed by atoms with E-state index in [4.69, 9.17) is 9.90 Å². The maximum Gasteiger partial charge on any atom is 0.216 e. The van der Waals surface area contributed by atoms with Crippen molar-refractivity contribution >= 4 is 30.0 Å². The molecule has 6 rings (SSSR count). The molecule has 0 N–H and O–H groups in total. The number of rotatable bonds is 2. The Morgan fingerprint density at radius 1 is 0.941 bits per heavy atom. The van der Waals surface area contributed by atoms with Crippen molar-refractivity contribution in [3.05, 3.63) is 89.1 Å². The Hall–Kier alpha value is -3.68. The van der Waals surface area contributed by atoms with E-state index in [2.05, 4.69) is 29.7 Å². The monoisotopic (exact) mass is 463 g/mol. The number of aromatic nitrogens is 1. The summed E-state index contributed by atoms with van der Waals surface area (Å²) in [5, 5.41) is 11.9. The molecular formula is C30H27N2OSi+. The van der Waals surface area contributed by atoms with E-state index in [9.17, 15) is 5.26 Å². The fourth-order valence-corrected chi connectivity index (χ4v) is 6.93. The number of hydrogen-bond donors (Lipinski definition) is 0. The van der Waals surface area contributed by atoms with Crippen molar-refractivity contribution in [1.29, 1.82) is 5.26 Å². The number of benzene rings is 3. The van der Waals surface area contributed by atoms with Gasteiger partial charge in [-0.15, -0.1) is 0 Å². The second-order valence-electron chi connectivity index (χ2n) is 9.54. The van der Waals surface area contributed by atoms with Crippen LogP contribution in [0, 0.1) is 18.3 Å². The van der Waals surface area contributed by atoms with E-state index in [1.807, 2.05) is 37.5 Å². The molecule has 0 atom stereocenters. The van der Waals surface area contributed by atoms with Crippen LogP contribution in [0.3, 0.4) is 0 Å². The Morgan fingerprint density at radius 2 is 1.68 bits per heavy atom. The van der Waals surface area contributed by atoms with Gasteiger partial charge >= 0.3 is 0 Å². The minimum Gasteiger partial charge on any atom is -0.454 e. The summed E-state index contributed by atoms with van der Waals surface area (Å²) in [4.78, 5) is 0. The van der Waals surface area contributed by atoms with Crippen LogP contribution in [0.25, 0.3) is 44.3 Å². The summed E-state index contributed by atoms with van der Waals surface area (Å²) >= 11 is 0. The van der Waals surface area contributed by atoms with Crippen molar-refractivity contribution in [2.24, 2.45) is 7.05 Å². The number of pyridine rings is 1. The molecule has 5 aromatic rings. The van der Waals surface area contributed by atoms with Gasteiger partial charge in [-0.2, -0.15) is 5.26 Å². The zero-order valence-electron chi connectivity index (χ0n) is 23.7. The van der Waals surface area contributed by atoms with Crippen LogP contribution in [-0.4, -0.2) is 8.07 Å². The molecule has 0 saturated heterocycles. The normalized spacial score (nSPS) is 19.1. The average Bonchev–Trinajstić information content (AvgIpc) is 3.30. The predicted octanol–water partition coefficient (Wildman–Crippen LogP) is 6.81. The maximum absolute atomic E-state index is 10.1. The summed E-state index contributed by atoms with van der Waals surface area (Å²) in [6.07, 6.45) is 2.00. The summed E-state index contributed by atoms with van der Waals surface area (Å²) in [7, 11) is -1.01. The third-order valence-electron chi connectivity index (χ3n) is 6.65. The molecule has 34 heavy (non-hydrogen) atoms. The Bertz CT molecular complexity index is 1850. The Labute approximate surface area is 206 Å². The second kappa shape index (κ2) is 7.41. The van der Waals surface area contributed by atoms with Crippen molar-refractivity contribution in [3.8, 4) is 28.5 Å². The van der Waals surface area contributed by atoms with Gasteiger partial charge in [0.15, 0.2) is 6.20 Å². The fourth-order valence-electron chi connectivity index (χ4n) is 5.10. The molecule has 0 bridgehead atoms. The van der Waals surface area contributed by atoms with Gasteiger partial charge in [0.1, 0.15) is 18.2 Å². The van der Waals surface area contributed by atoms with Crippen LogP contribution in [0.5, 0.6) is 0 Å². The Morgan fingerprint density at radius 3 is 2.44 bits per heavy atom. The summed E-state index contributed by atoms with van der Waals surface area (Å²) in [6.45, 7) is 5.58. The Balaban J connectivity index is 1.68. The van der Waals surface area contributed by atoms with Crippen LogP contribution < -0.4 is 4.57 Å². The molecule has 3 nitrogen and oxygen atoms in total. The first kappa shape index (κ1) is 16.9. The number of hydrogen-bond acceptors (Lipinski definition) is 2. The van der Waals surface area contributed by atoms with Gasteiger partial charge in [-0.05, 0) is 59.4 Å². The number of aryl methyl sites for hydroxylation is 2. The van der Waals surface area contributed by atoms with E-state index in [-0.39, 0.29) is 0 Å². The van der Waals surface area contributed by atoms with Crippen LogP contribution in [0.1, 0.15) is 27.7 Å². The molecule has 3 heterocycles. The van der Waals surface area contributed by atoms with Crippen LogP contribution in [0.15, 0.2) is 71.3 Å². The van der Waals surface area contributed by atoms with Crippen LogP contribution in [-0.2, 0) is 19.0 Å². The first-order chi connectivity index (χ1) is 17.9. The first-order valence-electron chi connectivity index (χ1n) is 13.4. The lowest BCUT2D eigenvalue weighted by molar-refractivity contribution is -0.660. The summed E-state index contributed by atoms with van der Waals surface area (Å²) in [6, 6.07) is 21.4. The SMILES string of the molecule is [2H]C1([2H])c2ccc(-c3c(C#N)ccc4c3oc3c(-c5cccc[n+]5C)c(C)ccc34)cc2C([2H])([2H])[Si]1(C)C. The van der Waals surface area contributed by atoms with Gasteiger partial charge in [0, 0.05) is 34.0 Å². The highest BCUT2D eigenvalue weighted by Gasteiger charge is 2.31. The molecule has 0 unspecified atom stereocenters. The summed E-state index contributed by atoms with van der Waals surface area (Å²) < 4.78 is 44.0. The van der Waals surface area contributed by atoms with Gasteiger partial charge in [-0.1, -0.05) is 43.4 Å². The van der Waals surface area contributed by atoms with Crippen LogP contribution >= 0.6 is 0 Å². The number of furan rings is 1. The van der Waals surface area contributed by atoms with Gasteiger partial charge in [-0.25, -0.2) is 4.57 Å². The lowest BCUT2D eigenvalue weighted by Gasteiger charge is -2.11. The molecule has 1 aliphatic heterocycles. The average molecular weight is 464 g/mol. The van der Waals surface area contributed by atoms with E-state index in [1.54, 1.807) is 37.4 Å². The minimum absolute atomic E-state index is 0.376. The summed E-state index contributed by atoms with van der Waals surface area (Å²) in [5.41, 5.74) is 6.84. The quantitative estimate of drug-likeness (QED) is 0.213. The zero-order valence-corrected chi connectivity index (χ0v) is 20.7. The first-order valence-corrected chi connectivity index (χ1v) is 14.4. The zero-order chi connectivity index (χ0) is 27.2. The Kier molecular flexibility index (Phi) is 3.67. The predicted molar refractivity (Wildman–Crippen MR) is 140 cm³/mol. The molecular weight excluding hydrogens is 432 g/mol. The van der Waals surface area contributed by atoms with Gasteiger partial charge < -0.3 is 4.42 Å². The van der Waals surface area contributed by atoms with E-state index >= 15 is 0 Å². The highest BCUT2D eigenvalue weighted by molar-refractivity contribution is 6.77. The van der Waals surface area contributed by atoms with Crippen molar-refractivity contribution in [2.75, 3.05) is 0 Å². The standard InChI is InChI=1S/C30H27N2OSi/c1-19-8-12-24-25-13-11-21(16-31)28(20-9-10-22-17-34(3,4)18-23(22)15-20)30(25)33-29(24)27(19)26-7-5-6-14-32(26)2/h5-15H,17-18H2,1-4H3/q+1/i17D2,18D2. The minimum atomic E-state index is -3.01. The van der Waals surface area contributed by atoms with E-state index in [1.165, 1.54) is 0 Å². The topological polar surface area (TPSA) is 40.8 Å². The molecule has 166 valence electrons. The molecule has 0 fully saturated rings. The molecule has 1 aliphatic rings. The molecule has 2 aromatic heterocycles. The van der Waals surface area contributed by atoms with Crippen molar-refractivity contribution in [1.82, 2.24) is 0 Å². The molecule has 0 spiro atoms. The third-order valence-corrected chi connectivity index (χ3v) is 8.44. The third kappa shape index (κ3) is 3.12. The van der Waals surface area contributed by atoms with Crippen molar-refractivity contribution in [2.45, 2.75) is 32.0 Å². The van der Waals surface area contributed by atoms with Gasteiger partial charge in [-0.3, -0.25) is 0 Å². The molecule has 4 heteroatoms. The summed E-state index contributed by atoms with van der Waals surface area (Å²) in [5.74, 6) is -3.46. The van der Waals surface area contributed by atoms with Gasteiger partial charge in [0.05, 0.1) is 25.3 Å². The van der Waals surface area contributed by atoms with E-state index < -0.39 is 20.1 Å². The number of nitriles is 1. The van der Waals surface area contributed by atoms with Gasteiger partial charge in [0.2, 0.25) is 5.69 Å². The number of nitrogens with zero attached hydrogens (tertiary/aromatic N) is 2. The number of fused-ring (bicyclic) bond motifs is 4. The molecule has 0 amide bonds. The highest BCUT2D eigenvalue weighted by atomic mass is 28.3. The molecule has 3 aromatic carbocycles. The highest BCUT2D eigenvalue weighted by Crippen LogP contribution is 2.42. The fraction of sp³-hybridized carbons (Fsp3) is 0.200. The van der Waals surface area contributed by atoms with Gasteiger partial charge in [0.25, 0.3) is 0 Å². The maximum atomic E-state index is 10.1. The second-order valence-corrected chi connectivity index (χ2v) is 13.3. The van der Waals surface area contributed by atoms with Crippen LogP contribution in [0.2, 0.25) is 13.1 Å². The van der Waals surface area contributed by atoms with E-state index in [0.29, 0.717) is 33.4 Å². The van der Waals surface area contributed by atoms with Crippen LogP contribution in [0.4, 0.5) is 0 Å². The van der Waals surface area contributed by atoms with E-state index in [0.717, 1.165) is 33.2 Å². The van der Waals surface area contributed by atoms with Crippen molar-refractivity contribution in [3.63, 3.8) is 0 Å². The molecule has 0 radical (unpaired) electrons. The smallest absolute Gasteiger partial charge is 0.216 e. The molecule has 0 aliphatic carbocycles. The molecule has 0 saturated carbocycles. The van der Waals surface area contributed by atoms with Crippen molar-refractivity contribution < 1.29 is 14.5 Å². The lowest BCUT2D eigenvalue weighted by Crippen LogP contribution is -2.30.